The van der Waals surface area contributed by atoms with Crippen molar-refractivity contribution < 1.29 is 8.42 Å². The van der Waals surface area contributed by atoms with Crippen LogP contribution in [0.25, 0.3) is 0 Å². The number of aryl methyl sites for hydroxylation is 1. The summed E-state index contributed by atoms with van der Waals surface area (Å²) < 4.78 is 28.3. The number of rotatable bonds is 4. The molecule has 0 radical (unpaired) electrons. The van der Waals surface area contributed by atoms with Gasteiger partial charge in [-0.1, -0.05) is 71.5 Å². The van der Waals surface area contributed by atoms with E-state index < -0.39 is 16.1 Å². The summed E-state index contributed by atoms with van der Waals surface area (Å²) in [6, 6.07) is 22.4. The Morgan fingerprint density at radius 1 is 0.889 bits per heavy atom. The van der Waals surface area contributed by atoms with Crippen molar-refractivity contribution in [2.45, 2.75) is 17.9 Å². The minimum absolute atomic E-state index is 0.202. The molecule has 5 heteroatoms. The van der Waals surface area contributed by atoms with Crippen LogP contribution in [0.5, 0.6) is 0 Å². The number of nitrogens with one attached hydrogen (secondary N) is 1. The van der Waals surface area contributed by atoms with E-state index in [4.69, 9.17) is 11.6 Å². The van der Waals surface area contributed by atoms with Crippen molar-refractivity contribution >= 4 is 21.6 Å². The van der Waals surface area contributed by atoms with Gasteiger partial charge >= 0.3 is 0 Å². The largest absolute Gasteiger partial charge is 0.241 e. The van der Waals surface area contributed by atoms with Crippen LogP contribution >= 0.6 is 11.6 Å². The molecule has 0 heterocycles. The standard InChI is InChI=1S/C22H18ClNO2S/c1-17-7-14-21(15-8-17)27(25,26)24-22(19-10-12-20(23)13-11-19)16-9-18-5-3-2-4-6-18/h2-8,10-15,22,24H,1H3. The second-order valence-electron chi connectivity index (χ2n) is 6.05. The molecule has 3 rings (SSSR count). The van der Waals surface area contributed by atoms with Gasteiger partial charge in [-0.2, -0.15) is 4.72 Å². The van der Waals surface area contributed by atoms with Gasteiger partial charge in [0.1, 0.15) is 6.04 Å². The molecule has 1 unspecified atom stereocenters. The molecule has 0 bridgehead atoms. The second-order valence-corrected chi connectivity index (χ2v) is 8.20. The molecule has 0 aliphatic rings. The lowest BCUT2D eigenvalue weighted by Gasteiger charge is -2.14. The zero-order chi connectivity index (χ0) is 19.3. The Kier molecular flexibility index (Phi) is 5.98. The number of hydrogen-bond acceptors (Lipinski definition) is 2. The van der Waals surface area contributed by atoms with Crippen LogP contribution in [0.2, 0.25) is 5.02 Å². The third kappa shape index (κ3) is 5.21. The highest BCUT2D eigenvalue weighted by Crippen LogP contribution is 2.20. The molecule has 3 nitrogen and oxygen atoms in total. The normalized spacial score (nSPS) is 12.1. The molecule has 27 heavy (non-hydrogen) atoms. The van der Waals surface area contributed by atoms with E-state index in [0.29, 0.717) is 5.02 Å². The van der Waals surface area contributed by atoms with Crippen molar-refractivity contribution in [2.24, 2.45) is 0 Å². The first kappa shape index (κ1) is 19.2. The van der Waals surface area contributed by atoms with Gasteiger partial charge in [-0.15, -0.1) is 0 Å². The highest BCUT2D eigenvalue weighted by Gasteiger charge is 2.20. The van der Waals surface area contributed by atoms with Gasteiger partial charge in [0.25, 0.3) is 0 Å². The smallest absolute Gasteiger partial charge is 0.207 e. The first-order valence-corrected chi connectivity index (χ1v) is 10.2. The molecule has 3 aromatic rings. The van der Waals surface area contributed by atoms with E-state index in [0.717, 1.165) is 16.7 Å². The zero-order valence-corrected chi connectivity index (χ0v) is 16.3. The fraction of sp³-hybridized carbons (Fsp3) is 0.0909. The third-order valence-corrected chi connectivity index (χ3v) is 5.63. The molecule has 3 aromatic carbocycles. The van der Waals surface area contributed by atoms with Crippen LogP contribution in [-0.4, -0.2) is 8.42 Å². The van der Waals surface area contributed by atoms with Crippen LogP contribution in [0.4, 0.5) is 0 Å². The summed E-state index contributed by atoms with van der Waals surface area (Å²) >= 11 is 5.96. The Labute approximate surface area is 165 Å². The Bertz CT molecular complexity index is 1070. The predicted octanol–water partition coefficient (Wildman–Crippen LogP) is 4.72. The van der Waals surface area contributed by atoms with Crippen molar-refractivity contribution in [2.75, 3.05) is 0 Å². The van der Waals surface area contributed by atoms with Gasteiger partial charge < -0.3 is 0 Å². The maximum Gasteiger partial charge on any atom is 0.241 e. The fourth-order valence-electron chi connectivity index (χ4n) is 2.45. The Morgan fingerprint density at radius 3 is 2.15 bits per heavy atom. The summed E-state index contributed by atoms with van der Waals surface area (Å²) in [6.45, 7) is 1.91. The van der Waals surface area contributed by atoms with Gasteiger partial charge in [-0.3, -0.25) is 0 Å². The molecular formula is C22H18ClNO2S. The van der Waals surface area contributed by atoms with Crippen LogP contribution < -0.4 is 4.72 Å². The fourth-order valence-corrected chi connectivity index (χ4v) is 3.72. The number of halogens is 1. The molecule has 0 saturated carbocycles. The quantitative estimate of drug-likeness (QED) is 0.649. The lowest BCUT2D eigenvalue weighted by Crippen LogP contribution is -2.28. The lowest BCUT2D eigenvalue weighted by molar-refractivity contribution is 0.576. The molecule has 0 fully saturated rings. The average molecular weight is 396 g/mol. The van der Waals surface area contributed by atoms with Crippen molar-refractivity contribution in [3.63, 3.8) is 0 Å². The van der Waals surface area contributed by atoms with Gasteiger partial charge in [0.2, 0.25) is 10.0 Å². The first-order valence-electron chi connectivity index (χ1n) is 8.35. The molecule has 0 aliphatic carbocycles. The Hall–Kier alpha value is -2.58. The average Bonchev–Trinajstić information content (AvgIpc) is 2.67. The number of hydrogen-bond donors (Lipinski definition) is 1. The molecule has 136 valence electrons. The topological polar surface area (TPSA) is 46.2 Å². The number of benzene rings is 3. The summed E-state index contributed by atoms with van der Waals surface area (Å²) in [7, 11) is -3.72. The van der Waals surface area contributed by atoms with E-state index >= 15 is 0 Å². The van der Waals surface area contributed by atoms with E-state index in [1.54, 1.807) is 48.5 Å². The van der Waals surface area contributed by atoms with Crippen LogP contribution in [0.15, 0.2) is 83.8 Å². The van der Waals surface area contributed by atoms with E-state index in [1.807, 2.05) is 37.3 Å². The zero-order valence-electron chi connectivity index (χ0n) is 14.7. The van der Waals surface area contributed by atoms with Crippen molar-refractivity contribution in [1.82, 2.24) is 4.72 Å². The minimum Gasteiger partial charge on any atom is -0.207 e. The molecule has 0 aliphatic heterocycles. The summed E-state index contributed by atoms with van der Waals surface area (Å²) in [6.07, 6.45) is 0. The maximum absolute atomic E-state index is 12.8. The van der Waals surface area contributed by atoms with Crippen LogP contribution in [-0.2, 0) is 10.0 Å². The van der Waals surface area contributed by atoms with Gasteiger partial charge in [0.15, 0.2) is 0 Å². The molecule has 1 N–H and O–H groups in total. The Morgan fingerprint density at radius 2 is 1.52 bits per heavy atom. The van der Waals surface area contributed by atoms with Crippen molar-refractivity contribution in [1.29, 1.82) is 0 Å². The molecule has 0 saturated heterocycles. The third-order valence-electron chi connectivity index (χ3n) is 3.94. The predicted molar refractivity (Wildman–Crippen MR) is 109 cm³/mol. The minimum atomic E-state index is -3.72. The van der Waals surface area contributed by atoms with E-state index in [1.165, 1.54) is 0 Å². The summed E-state index contributed by atoms with van der Waals surface area (Å²) in [5, 5.41) is 0.579. The van der Waals surface area contributed by atoms with E-state index in [-0.39, 0.29) is 4.90 Å². The summed E-state index contributed by atoms with van der Waals surface area (Å²) in [5.41, 5.74) is 2.52. The van der Waals surface area contributed by atoms with Gasteiger partial charge in [0.05, 0.1) is 4.90 Å². The number of sulfonamides is 1. The molecule has 0 aromatic heterocycles. The first-order chi connectivity index (χ1) is 12.9. The highest BCUT2D eigenvalue weighted by atomic mass is 35.5. The van der Waals surface area contributed by atoms with Gasteiger partial charge in [-0.25, -0.2) is 8.42 Å². The summed E-state index contributed by atoms with van der Waals surface area (Å²) in [4.78, 5) is 0.202. The van der Waals surface area contributed by atoms with E-state index in [9.17, 15) is 8.42 Å². The van der Waals surface area contributed by atoms with E-state index in [2.05, 4.69) is 16.6 Å². The second kappa shape index (κ2) is 8.41. The van der Waals surface area contributed by atoms with Crippen LogP contribution in [0.1, 0.15) is 22.7 Å². The lowest BCUT2D eigenvalue weighted by atomic mass is 10.1. The molecule has 0 spiro atoms. The monoisotopic (exact) mass is 395 g/mol. The van der Waals surface area contributed by atoms with Gasteiger partial charge in [-0.05, 0) is 48.9 Å². The summed E-state index contributed by atoms with van der Waals surface area (Å²) in [5.74, 6) is 6.06. The van der Waals surface area contributed by atoms with Crippen LogP contribution in [0.3, 0.4) is 0 Å². The van der Waals surface area contributed by atoms with Crippen LogP contribution in [0, 0.1) is 18.8 Å². The highest BCUT2D eigenvalue weighted by molar-refractivity contribution is 7.89. The molecule has 1 atom stereocenters. The van der Waals surface area contributed by atoms with Crippen molar-refractivity contribution in [3.8, 4) is 11.8 Å². The van der Waals surface area contributed by atoms with Crippen molar-refractivity contribution in [3.05, 3.63) is 101 Å². The molecular weight excluding hydrogens is 378 g/mol. The SMILES string of the molecule is Cc1ccc(S(=O)(=O)NC(C#Cc2ccccc2)c2ccc(Cl)cc2)cc1. The maximum atomic E-state index is 12.8. The Balaban J connectivity index is 1.95. The van der Waals surface area contributed by atoms with Gasteiger partial charge in [0, 0.05) is 10.6 Å². The molecule has 0 amide bonds.